The van der Waals surface area contributed by atoms with Gasteiger partial charge in [0.25, 0.3) is 0 Å². The number of hydrogen-bond acceptors (Lipinski definition) is 6. The Balaban J connectivity index is 1.94. The van der Waals surface area contributed by atoms with Crippen LogP contribution in [-0.2, 0) is 16.0 Å². The fourth-order valence-corrected chi connectivity index (χ4v) is 3.93. The van der Waals surface area contributed by atoms with Crippen LogP contribution in [0.25, 0.3) is 28.5 Å². The van der Waals surface area contributed by atoms with E-state index >= 15 is 0 Å². The molecule has 3 heterocycles. The Morgan fingerprint density at radius 1 is 1.06 bits per heavy atom. The molecule has 0 amide bonds. The van der Waals surface area contributed by atoms with E-state index in [2.05, 4.69) is 15.1 Å². The molecular weight excluding hydrogens is 433 g/mol. The van der Waals surface area contributed by atoms with Crippen molar-refractivity contribution in [3.8, 4) is 28.5 Å². The Morgan fingerprint density at radius 2 is 1.84 bits per heavy atom. The van der Waals surface area contributed by atoms with Gasteiger partial charge in [-0.3, -0.25) is 0 Å². The lowest BCUT2D eigenvalue weighted by Gasteiger charge is -2.11. The van der Waals surface area contributed by atoms with E-state index in [9.17, 15) is 21.6 Å². The molecule has 0 aliphatic heterocycles. The zero-order chi connectivity index (χ0) is 22.4. The van der Waals surface area contributed by atoms with Gasteiger partial charge in [0.2, 0.25) is 5.89 Å². The van der Waals surface area contributed by atoms with Crippen LogP contribution in [0.1, 0.15) is 11.3 Å². The van der Waals surface area contributed by atoms with E-state index in [1.807, 2.05) is 0 Å². The number of hydrogen-bond donors (Lipinski definition) is 0. The molecule has 0 unspecified atom stereocenters. The van der Waals surface area contributed by atoms with E-state index in [0.29, 0.717) is 22.6 Å². The van der Waals surface area contributed by atoms with Crippen molar-refractivity contribution in [1.82, 2.24) is 19.7 Å². The topological polar surface area (TPSA) is 90.9 Å². The highest BCUT2D eigenvalue weighted by atomic mass is 32.2. The molecule has 0 N–H and O–H groups in total. The second kappa shape index (κ2) is 7.34. The van der Waals surface area contributed by atoms with Gasteiger partial charge in [-0.2, -0.15) is 18.3 Å². The van der Waals surface area contributed by atoms with Crippen LogP contribution in [0.2, 0.25) is 0 Å². The van der Waals surface area contributed by atoms with E-state index in [1.54, 1.807) is 25.1 Å². The number of benzene rings is 1. The summed E-state index contributed by atoms with van der Waals surface area (Å²) in [6.45, 7) is 1.76. The zero-order valence-corrected chi connectivity index (χ0v) is 17.1. The first-order chi connectivity index (χ1) is 14.6. The van der Waals surface area contributed by atoms with Crippen molar-refractivity contribution < 1.29 is 26.0 Å². The van der Waals surface area contributed by atoms with E-state index in [4.69, 9.17) is 4.42 Å². The monoisotopic (exact) mass is 448 g/mol. The van der Waals surface area contributed by atoms with Crippen LogP contribution in [0.5, 0.6) is 0 Å². The number of oxazole rings is 1. The first kappa shape index (κ1) is 20.8. The van der Waals surface area contributed by atoms with E-state index < -0.39 is 21.7 Å². The summed E-state index contributed by atoms with van der Waals surface area (Å²) in [6.07, 6.45) is 0.422. The highest BCUT2D eigenvalue weighted by Gasteiger charge is 2.36. The summed E-state index contributed by atoms with van der Waals surface area (Å²) in [5.74, 6) is 0.155. The molecule has 4 aromatic rings. The van der Waals surface area contributed by atoms with Gasteiger partial charge in [0.1, 0.15) is 11.2 Å². The van der Waals surface area contributed by atoms with E-state index in [1.165, 1.54) is 30.8 Å². The smallest absolute Gasteiger partial charge is 0.435 e. The minimum atomic E-state index is -4.73. The van der Waals surface area contributed by atoms with E-state index in [-0.39, 0.29) is 16.4 Å². The SMILES string of the molecule is Cc1cc(-c2cc(C(F)(F)F)nn2-c2ncccc2S(C)(=O)=O)ccc1-c1ncco1. The molecule has 3 aromatic heterocycles. The maximum atomic E-state index is 13.4. The molecule has 0 spiro atoms. The second-order valence-corrected chi connectivity index (χ2v) is 8.77. The number of aryl methyl sites for hydroxylation is 1. The predicted molar refractivity (Wildman–Crippen MR) is 105 cm³/mol. The fraction of sp³-hybridized carbons (Fsp3) is 0.150. The summed E-state index contributed by atoms with van der Waals surface area (Å²) in [4.78, 5) is 7.85. The Morgan fingerprint density at radius 3 is 2.45 bits per heavy atom. The molecule has 0 bridgehead atoms. The summed E-state index contributed by atoms with van der Waals surface area (Å²) in [5, 5.41) is 3.64. The minimum Gasteiger partial charge on any atom is -0.445 e. The molecule has 0 aliphatic rings. The zero-order valence-electron chi connectivity index (χ0n) is 16.3. The van der Waals surface area contributed by atoms with Gasteiger partial charge in [-0.1, -0.05) is 6.07 Å². The molecule has 1 aromatic carbocycles. The largest absolute Gasteiger partial charge is 0.445 e. The number of pyridine rings is 1. The van der Waals surface area contributed by atoms with Crippen molar-refractivity contribution in [2.24, 2.45) is 0 Å². The average molecular weight is 448 g/mol. The van der Waals surface area contributed by atoms with Gasteiger partial charge in [0.05, 0.1) is 11.9 Å². The van der Waals surface area contributed by atoms with Crippen LogP contribution in [0.4, 0.5) is 13.2 Å². The molecule has 0 fully saturated rings. The molecular formula is C20H15F3N4O3S. The third-order valence-corrected chi connectivity index (χ3v) is 5.65. The highest BCUT2D eigenvalue weighted by molar-refractivity contribution is 7.90. The molecule has 0 aliphatic carbocycles. The van der Waals surface area contributed by atoms with Crippen LogP contribution in [0.3, 0.4) is 0 Å². The lowest BCUT2D eigenvalue weighted by atomic mass is 10.0. The van der Waals surface area contributed by atoms with Gasteiger partial charge in [-0.05, 0) is 42.8 Å². The van der Waals surface area contributed by atoms with Gasteiger partial charge in [0.15, 0.2) is 21.3 Å². The maximum absolute atomic E-state index is 13.4. The first-order valence-corrected chi connectivity index (χ1v) is 10.8. The van der Waals surface area contributed by atoms with Crippen molar-refractivity contribution in [1.29, 1.82) is 0 Å². The molecule has 0 atom stereocenters. The van der Waals surface area contributed by atoms with Crippen LogP contribution in [0.15, 0.2) is 64.4 Å². The normalized spacial score (nSPS) is 12.3. The molecule has 160 valence electrons. The molecule has 11 heteroatoms. The van der Waals surface area contributed by atoms with Gasteiger partial charge in [-0.15, -0.1) is 0 Å². The maximum Gasteiger partial charge on any atom is 0.435 e. The number of sulfone groups is 1. The summed E-state index contributed by atoms with van der Waals surface area (Å²) in [7, 11) is -3.78. The molecule has 0 saturated heterocycles. The molecule has 4 rings (SSSR count). The Labute approximate surface area is 175 Å². The summed E-state index contributed by atoms with van der Waals surface area (Å²) >= 11 is 0. The quantitative estimate of drug-likeness (QED) is 0.462. The minimum absolute atomic E-state index is 0.0398. The van der Waals surface area contributed by atoms with Crippen molar-refractivity contribution >= 4 is 9.84 Å². The van der Waals surface area contributed by atoms with Crippen molar-refractivity contribution in [3.63, 3.8) is 0 Å². The lowest BCUT2D eigenvalue weighted by Crippen LogP contribution is -2.11. The average Bonchev–Trinajstić information content (AvgIpc) is 3.37. The molecule has 31 heavy (non-hydrogen) atoms. The number of halogens is 3. The highest BCUT2D eigenvalue weighted by Crippen LogP contribution is 2.35. The Hall–Kier alpha value is -3.47. The molecule has 0 radical (unpaired) electrons. The van der Waals surface area contributed by atoms with Crippen molar-refractivity contribution in [3.05, 3.63) is 66.3 Å². The summed E-state index contributed by atoms with van der Waals surface area (Å²) in [5.41, 5.74) is 0.636. The third-order valence-electron chi connectivity index (χ3n) is 4.54. The third kappa shape index (κ3) is 3.96. The van der Waals surface area contributed by atoms with Crippen LogP contribution in [-0.4, -0.2) is 34.4 Å². The van der Waals surface area contributed by atoms with Crippen LogP contribution in [0, 0.1) is 6.92 Å². The predicted octanol–water partition coefficient (Wildman–Crippen LogP) is 4.32. The van der Waals surface area contributed by atoms with Gasteiger partial charge >= 0.3 is 6.18 Å². The lowest BCUT2D eigenvalue weighted by molar-refractivity contribution is -0.141. The Kier molecular flexibility index (Phi) is 4.92. The number of alkyl halides is 3. The van der Waals surface area contributed by atoms with Crippen LogP contribution < -0.4 is 0 Å². The fourth-order valence-electron chi connectivity index (χ4n) is 3.14. The number of nitrogens with zero attached hydrogens (tertiary/aromatic N) is 4. The molecule has 0 saturated carbocycles. The van der Waals surface area contributed by atoms with Crippen molar-refractivity contribution in [2.45, 2.75) is 18.0 Å². The first-order valence-electron chi connectivity index (χ1n) is 8.89. The van der Waals surface area contributed by atoms with E-state index in [0.717, 1.165) is 17.0 Å². The van der Waals surface area contributed by atoms with Crippen LogP contribution >= 0.6 is 0 Å². The second-order valence-electron chi connectivity index (χ2n) is 6.79. The van der Waals surface area contributed by atoms with Gasteiger partial charge < -0.3 is 4.42 Å². The molecule has 7 nitrogen and oxygen atoms in total. The standard InChI is InChI=1S/C20H15F3N4O3S/c1-12-10-13(5-6-14(12)19-25-8-9-30-19)15-11-17(20(21,22)23)26-27(15)18-16(31(2,28)29)4-3-7-24-18/h3-11H,1-2H3. The number of aromatic nitrogens is 4. The van der Waals surface area contributed by atoms with Crippen molar-refractivity contribution in [2.75, 3.05) is 6.26 Å². The van der Waals surface area contributed by atoms with Gasteiger partial charge in [0, 0.05) is 23.6 Å². The summed E-state index contributed by atoms with van der Waals surface area (Å²) in [6, 6.07) is 8.42. The van der Waals surface area contributed by atoms with Gasteiger partial charge in [-0.25, -0.2) is 23.1 Å². The summed E-state index contributed by atoms with van der Waals surface area (Å²) < 4.78 is 70.9. The Bertz CT molecular complexity index is 1360. The number of rotatable bonds is 4.